The van der Waals surface area contributed by atoms with Crippen molar-refractivity contribution in [2.75, 3.05) is 26.7 Å². The van der Waals surface area contributed by atoms with Crippen LogP contribution in [0.4, 0.5) is 0 Å². The quantitative estimate of drug-likeness (QED) is 0.898. The normalized spacial score (nSPS) is 21.0. The van der Waals surface area contributed by atoms with E-state index in [2.05, 4.69) is 63.2 Å². The van der Waals surface area contributed by atoms with Crippen LogP contribution in [0.1, 0.15) is 55.8 Å². The van der Waals surface area contributed by atoms with Crippen LogP contribution in [0.2, 0.25) is 0 Å². The highest BCUT2D eigenvalue weighted by Gasteiger charge is 2.24. The highest BCUT2D eigenvalue weighted by molar-refractivity contribution is 5.30. The molecule has 0 amide bonds. The first kappa shape index (κ1) is 16.5. The van der Waals surface area contributed by atoms with Gasteiger partial charge in [0.25, 0.3) is 0 Å². The summed E-state index contributed by atoms with van der Waals surface area (Å²) in [5.41, 5.74) is 4.67. The number of nitrogens with one attached hydrogen (secondary N) is 1. The number of nitrogens with zero attached hydrogens (tertiary/aromatic N) is 1. The Balaban J connectivity index is 2.05. The highest BCUT2D eigenvalue weighted by Crippen LogP contribution is 2.30. The van der Waals surface area contributed by atoms with E-state index >= 15 is 0 Å². The van der Waals surface area contributed by atoms with Gasteiger partial charge >= 0.3 is 0 Å². The molecule has 0 bridgehead atoms. The molecule has 0 aliphatic carbocycles. The molecule has 1 saturated heterocycles. The SMILES string of the molecule is CNC(CN1CCCC(C)(C)CC1)c1cc(C)cc(C)c1. The van der Waals surface area contributed by atoms with E-state index in [1.54, 1.807) is 0 Å². The molecule has 2 heteroatoms. The zero-order valence-electron chi connectivity index (χ0n) is 14.5. The van der Waals surface area contributed by atoms with Gasteiger partial charge in [-0.15, -0.1) is 0 Å². The minimum atomic E-state index is 0.435. The summed E-state index contributed by atoms with van der Waals surface area (Å²) in [6.07, 6.45) is 4.00. The van der Waals surface area contributed by atoms with Gasteiger partial charge in [0.2, 0.25) is 0 Å². The molecule has 1 unspecified atom stereocenters. The molecule has 0 aromatic heterocycles. The van der Waals surface area contributed by atoms with Crippen molar-refractivity contribution >= 4 is 0 Å². The lowest BCUT2D eigenvalue weighted by atomic mass is 9.85. The average Bonchev–Trinajstić information content (AvgIpc) is 2.56. The summed E-state index contributed by atoms with van der Waals surface area (Å²) in [6.45, 7) is 12.8. The second-order valence-electron chi connectivity index (χ2n) is 7.58. The summed E-state index contributed by atoms with van der Waals surface area (Å²) in [5.74, 6) is 0. The van der Waals surface area contributed by atoms with Gasteiger partial charge < -0.3 is 10.2 Å². The van der Waals surface area contributed by atoms with E-state index in [0.717, 1.165) is 6.54 Å². The van der Waals surface area contributed by atoms with Crippen LogP contribution in [-0.4, -0.2) is 31.6 Å². The van der Waals surface area contributed by atoms with Crippen LogP contribution in [0.5, 0.6) is 0 Å². The Kier molecular flexibility index (Phi) is 5.45. The Morgan fingerprint density at radius 1 is 1.10 bits per heavy atom. The van der Waals surface area contributed by atoms with Crippen LogP contribution in [-0.2, 0) is 0 Å². The molecule has 0 saturated carbocycles. The summed E-state index contributed by atoms with van der Waals surface area (Å²) < 4.78 is 0. The van der Waals surface area contributed by atoms with E-state index in [0.29, 0.717) is 11.5 Å². The van der Waals surface area contributed by atoms with Gasteiger partial charge in [0, 0.05) is 12.6 Å². The van der Waals surface area contributed by atoms with Crippen LogP contribution in [0.25, 0.3) is 0 Å². The second kappa shape index (κ2) is 6.93. The van der Waals surface area contributed by atoms with E-state index in [1.165, 1.54) is 49.0 Å². The highest BCUT2D eigenvalue weighted by atomic mass is 15.1. The molecular formula is C19H32N2. The summed E-state index contributed by atoms with van der Waals surface area (Å²) in [5, 5.41) is 3.52. The average molecular weight is 288 g/mol. The minimum Gasteiger partial charge on any atom is -0.312 e. The third-order valence-electron chi connectivity index (χ3n) is 4.87. The van der Waals surface area contributed by atoms with Crippen molar-refractivity contribution in [3.63, 3.8) is 0 Å². The monoisotopic (exact) mass is 288 g/mol. The maximum Gasteiger partial charge on any atom is 0.0447 e. The van der Waals surface area contributed by atoms with Crippen molar-refractivity contribution in [3.8, 4) is 0 Å². The van der Waals surface area contributed by atoms with Crippen molar-refractivity contribution in [2.45, 2.75) is 53.0 Å². The Hall–Kier alpha value is -0.860. The van der Waals surface area contributed by atoms with E-state index in [-0.39, 0.29) is 0 Å². The van der Waals surface area contributed by atoms with Gasteiger partial charge in [0.1, 0.15) is 0 Å². The zero-order valence-corrected chi connectivity index (χ0v) is 14.5. The predicted molar refractivity (Wildman–Crippen MR) is 91.8 cm³/mol. The number of likely N-dealkylation sites (tertiary alicyclic amines) is 1. The molecule has 1 N–H and O–H groups in total. The molecule has 1 aliphatic heterocycles. The number of aryl methyl sites for hydroxylation is 2. The zero-order chi connectivity index (χ0) is 15.5. The van der Waals surface area contributed by atoms with Crippen LogP contribution in [0.3, 0.4) is 0 Å². The van der Waals surface area contributed by atoms with Crippen molar-refractivity contribution in [1.29, 1.82) is 0 Å². The van der Waals surface area contributed by atoms with E-state index in [9.17, 15) is 0 Å². The van der Waals surface area contributed by atoms with E-state index < -0.39 is 0 Å². The van der Waals surface area contributed by atoms with Gasteiger partial charge in [-0.3, -0.25) is 0 Å². The topological polar surface area (TPSA) is 15.3 Å². The van der Waals surface area contributed by atoms with Gasteiger partial charge in [-0.1, -0.05) is 43.2 Å². The van der Waals surface area contributed by atoms with Crippen molar-refractivity contribution in [3.05, 3.63) is 34.9 Å². The molecule has 1 aromatic rings. The summed E-state index contributed by atoms with van der Waals surface area (Å²) >= 11 is 0. The Labute approximate surface area is 130 Å². The lowest BCUT2D eigenvalue weighted by molar-refractivity contribution is 0.240. The number of hydrogen-bond donors (Lipinski definition) is 1. The summed E-state index contributed by atoms with van der Waals surface area (Å²) in [6, 6.07) is 7.35. The lowest BCUT2D eigenvalue weighted by Crippen LogP contribution is -2.35. The molecule has 2 nitrogen and oxygen atoms in total. The molecule has 0 spiro atoms. The van der Waals surface area contributed by atoms with Crippen molar-refractivity contribution in [1.82, 2.24) is 10.2 Å². The fourth-order valence-electron chi connectivity index (χ4n) is 3.49. The molecule has 1 atom stereocenters. The molecule has 2 rings (SSSR count). The number of rotatable bonds is 4. The van der Waals surface area contributed by atoms with Gasteiger partial charge in [-0.25, -0.2) is 0 Å². The molecule has 1 heterocycles. The molecule has 118 valence electrons. The minimum absolute atomic E-state index is 0.435. The van der Waals surface area contributed by atoms with E-state index in [4.69, 9.17) is 0 Å². The Bertz CT molecular complexity index is 444. The van der Waals surface area contributed by atoms with Gasteiger partial charge in [0.05, 0.1) is 0 Å². The first-order valence-electron chi connectivity index (χ1n) is 8.37. The van der Waals surface area contributed by atoms with Gasteiger partial charge in [-0.05, 0) is 64.2 Å². The molecule has 21 heavy (non-hydrogen) atoms. The molecular weight excluding hydrogens is 256 g/mol. The van der Waals surface area contributed by atoms with Crippen LogP contribution < -0.4 is 5.32 Å². The van der Waals surface area contributed by atoms with Crippen molar-refractivity contribution < 1.29 is 0 Å². The number of benzene rings is 1. The fraction of sp³-hybridized carbons (Fsp3) is 0.684. The van der Waals surface area contributed by atoms with Crippen LogP contribution in [0, 0.1) is 19.3 Å². The number of likely N-dealkylation sites (N-methyl/N-ethyl adjacent to an activating group) is 1. The van der Waals surface area contributed by atoms with Gasteiger partial charge in [-0.2, -0.15) is 0 Å². The van der Waals surface area contributed by atoms with Crippen molar-refractivity contribution in [2.24, 2.45) is 5.41 Å². The second-order valence-corrected chi connectivity index (χ2v) is 7.58. The first-order valence-corrected chi connectivity index (χ1v) is 8.37. The Morgan fingerprint density at radius 3 is 2.38 bits per heavy atom. The molecule has 1 aromatic carbocycles. The third-order valence-corrected chi connectivity index (χ3v) is 4.87. The first-order chi connectivity index (χ1) is 9.89. The van der Waals surface area contributed by atoms with Crippen LogP contribution >= 0.6 is 0 Å². The molecule has 1 fully saturated rings. The smallest absolute Gasteiger partial charge is 0.0447 e. The maximum absolute atomic E-state index is 3.52. The molecule has 0 radical (unpaired) electrons. The van der Waals surface area contributed by atoms with Crippen LogP contribution in [0.15, 0.2) is 18.2 Å². The third kappa shape index (κ3) is 4.82. The largest absolute Gasteiger partial charge is 0.312 e. The standard InChI is InChI=1S/C19H32N2/c1-15-11-16(2)13-17(12-15)18(20-5)14-21-9-6-7-19(3,4)8-10-21/h11-13,18,20H,6-10,14H2,1-5H3. The maximum atomic E-state index is 3.52. The Morgan fingerprint density at radius 2 is 1.76 bits per heavy atom. The lowest BCUT2D eigenvalue weighted by Gasteiger charge is -2.27. The molecule has 1 aliphatic rings. The van der Waals surface area contributed by atoms with Gasteiger partial charge in [0.15, 0.2) is 0 Å². The fourth-order valence-corrected chi connectivity index (χ4v) is 3.49. The number of hydrogen-bond acceptors (Lipinski definition) is 2. The van der Waals surface area contributed by atoms with E-state index in [1.807, 2.05) is 0 Å². The predicted octanol–water partition coefficient (Wildman–Crippen LogP) is 4.08. The summed E-state index contributed by atoms with van der Waals surface area (Å²) in [4.78, 5) is 2.65. The summed E-state index contributed by atoms with van der Waals surface area (Å²) in [7, 11) is 2.09.